The molecule has 2 atom stereocenters. The van der Waals surface area contributed by atoms with Gasteiger partial charge in [-0.25, -0.2) is 24.1 Å². The summed E-state index contributed by atoms with van der Waals surface area (Å²) in [4.78, 5) is 37.2. The molecule has 2 aliphatic rings. The average Bonchev–Trinajstić information content (AvgIpc) is 3.93. The number of H-pyrrole nitrogens is 1. The molecule has 6 aromatic rings. The van der Waals surface area contributed by atoms with Gasteiger partial charge >= 0.3 is 11.7 Å². The Labute approximate surface area is 307 Å². The minimum absolute atomic E-state index is 0.0120. The summed E-state index contributed by atoms with van der Waals surface area (Å²) in [6, 6.07) is 15.9. The topological polar surface area (TPSA) is 153 Å². The first-order chi connectivity index (χ1) is 25.9. The van der Waals surface area contributed by atoms with Gasteiger partial charge in [0.15, 0.2) is 0 Å². The third kappa shape index (κ3) is 6.80. The molecule has 3 N–H and O–H groups in total. The van der Waals surface area contributed by atoms with Crippen LogP contribution in [0.4, 0.5) is 10.2 Å². The van der Waals surface area contributed by atoms with E-state index in [1.807, 2.05) is 24.3 Å². The van der Waals surface area contributed by atoms with Gasteiger partial charge in [0.25, 0.3) is 5.89 Å². The number of aryl methyl sites for hydroxylation is 2. The van der Waals surface area contributed by atoms with Crippen molar-refractivity contribution in [3.63, 3.8) is 0 Å². The summed E-state index contributed by atoms with van der Waals surface area (Å²) >= 11 is 1.46. The van der Waals surface area contributed by atoms with E-state index < -0.39 is 17.8 Å². The number of pyridine rings is 2. The van der Waals surface area contributed by atoms with Crippen molar-refractivity contribution in [2.75, 3.05) is 38.8 Å². The number of carbonyl (C=O) groups is 1. The number of benzene rings is 2. The highest BCUT2D eigenvalue weighted by atomic mass is 32.1. The quantitative estimate of drug-likeness (QED) is 0.124. The van der Waals surface area contributed by atoms with E-state index in [-0.39, 0.29) is 36.5 Å². The molecular weight excluding hydrogens is 700 g/mol. The number of anilines is 1. The molecule has 1 fully saturated rings. The zero-order chi connectivity index (χ0) is 36.5. The van der Waals surface area contributed by atoms with Gasteiger partial charge in [-0.05, 0) is 85.0 Å². The SMILES string of the molecule is CCOC(=O)c1c([C@H]2COCCN2)nc(CCc2ccc(F)cc2)c(-c2n[nH]c(=O)o2)c1-c1cc2ccnc(N[C@@H]3CCc4c(OC)cccc43)c2s1. The normalized spacial score (nSPS) is 16.8. The summed E-state index contributed by atoms with van der Waals surface area (Å²) in [6.45, 7) is 3.24. The molecule has 1 aliphatic heterocycles. The Kier molecular flexibility index (Phi) is 9.73. The number of morpholine rings is 1. The molecule has 12 nitrogen and oxygen atoms in total. The second-order valence-corrected chi connectivity index (χ2v) is 13.9. The molecule has 0 unspecified atom stereocenters. The van der Waals surface area contributed by atoms with Crippen LogP contribution in [0.3, 0.4) is 0 Å². The van der Waals surface area contributed by atoms with Gasteiger partial charge < -0.3 is 29.3 Å². The molecule has 0 amide bonds. The number of aromatic nitrogens is 4. The number of carbonyl (C=O) groups excluding carboxylic acids is 1. The van der Waals surface area contributed by atoms with Crippen LogP contribution in [0.1, 0.15) is 63.9 Å². The average molecular weight is 737 g/mol. The molecule has 0 saturated carbocycles. The van der Waals surface area contributed by atoms with Crippen LogP contribution in [0.2, 0.25) is 0 Å². The number of hydrogen-bond acceptors (Lipinski definition) is 12. The Hall–Kier alpha value is -5.44. The van der Waals surface area contributed by atoms with Crippen LogP contribution in [0.25, 0.3) is 32.0 Å². The van der Waals surface area contributed by atoms with Gasteiger partial charge in [0.05, 0.1) is 66.2 Å². The van der Waals surface area contributed by atoms with Gasteiger partial charge in [-0.3, -0.25) is 4.98 Å². The van der Waals surface area contributed by atoms with E-state index >= 15 is 0 Å². The van der Waals surface area contributed by atoms with E-state index in [1.54, 1.807) is 32.4 Å². The first kappa shape index (κ1) is 34.6. The van der Waals surface area contributed by atoms with Crippen LogP contribution in [-0.4, -0.2) is 59.6 Å². The Balaban J connectivity index is 1.32. The number of thiophene rings is 1. The minimum atomic E-state index is -0.750. The highest BCUT2D eigenvalue weighted by molar-refractivity contribution is 7.23. The highest BCUT2D eigenvalue weighted by Gasteiger charge is 2.34. The summed E-state index contributed by atoms with van der Waals surface area (Å²) in [5.41, 5.74) is 5.34. The van der Waals surface area contributed by atoms with E-state index in [0.717, 1.165) is 34.2 Å². The van der Waals surface area contributed by atoms with Crippen LogP contribution in [-0.2, 0) is 28.7 Å². The fourth-order valence-electron chi connectivity index (χ4n) is 7.28. The molecule has 2 aromatic carbocycles. The van der Waals surface area contributed by atoms with Gasteiger partial charge in [0, 0.05) is 23.2 Å². The smallest absolute Gasteiger partial charge is 0.434 e. The number of halogens is 1. The molecule has 4 aromatic heterocycles. The van der Waals surface area contributed by atoms with Gasteiger partial charge in [0.2, 0.25) is 0 Å². The number of rotatable bonds is 11. The summed E-state index contributed by atoms with van der Waals surface area (Å²) in [7, 11) is 1.69. The molecule has 0 radical (unpaired) electrons. The lowest BCUT2D eigenvalue weighted by Crippen LogP contribution is -2.36. The number of aromatic amines is 1. The summed E-state index contributed by atoms with van der Waals surface area (Å²) in [5.74, 6) is -0.0863. The van der Waals surface area contributed by atoms with Gasteiger partial charge in [-0.2, -0.15) is 0 Å². The molecule has 272 valence electrons. The van der Waals surface area contributed by atoms with Crippen molar-refractivity contribution < 1.29 is 27.8 Å². The van der Waals surface area contributed by atoms with Gasteiger partial charge in [0.1, 0.15) is 17.4 Å². The van der Waals surface area contributed by atoms with Crippen LogP contribution in [0, 0.1) is 5.82 Å². The first-order valence-electron chi connectivity index (χ1n) is 17.6. The van der Waals surface area contributed by atoms with E-state index in [2.05, 4.69) is 26.9 Å². The molecule has 8 rings (SSSR count). The zero-order valence-electron chi connectivity index (χ0n) is 29.2. The van der Waals surface area contributed by atoms with Crippen LogP contribution >= 0.6 is 11.3 Å². The predicted octanol–water partition coefficient (Wildman–Crippen LogP) is 6.57. The predicted molar refractivity (Wildman–Crippen MR) is 198 cm³/mol. The second-order valence-electron chi connectivity index (χ2n) is 12.9. The Bertz CT molecular complexity index is 2350. The van der Waals surface area contributed by atoms with Crippen molar-refractivity contribution in [1.29, 1.82) is 0 Å². The third-order valence-corrected chi connectivity index (χ3v) is 10.9. The number of hydrogen-bond donors (Lipinski definition) is 3. The monoisotopic (exact) mass is 736 g/mol. The number of nitrogens with zero attached hydrogens (tertiary/aromatic N) is 3. The number of fused-ring (bicyclic) bond motifs is 2. The highest BCUT2D eigenvalue weighted by Crippen LogP contribution is 2.46. The maximum atomic E-state index is 14.2. The molecule has 14 heteroatoms. The molecule has 0 bridgehead atoms. The number of methoxy groups -OCH3 is 1. The second kappa shape index (κ2) is 14.9. The van der Waals surface area contributed by atoms with Crippen molar-refractivity contribution in [3.8, 4) is 27.6 Å². The summed E-state index contributed by atoms with van der Waals surface area (Å²) < 4.78 is 37.5. The minimum Gasteiger partial charge on any atom is -0.496 e. The standard InChI is InChI=1S/C39H37FN6O6S/c1-3-51-38(47)33-32(30-19-22-15-16-42-36(35(22)53-30)44-26-14-12-25-24(26)5-4-6-29(25)49-2)31(37-45-46-39(48)52-37)27(13-9-21-7-10-23(40)11-8-21)43-34(33)28-20-50-18-17-41-28/h4-8,10-11,15-16,19,26,28,41H,3,9,12-14,17-18,20H2,1-2H3,(H,42,44)(H,46,48)/t26-,28-/m1/s1. The number of ether oxygens (including phenoxy) is 3. The zero-order valence-corrected chi connectivity index (χ0v) is 30.0. The largest absolute Gasteiger partial charge is 0.496 e. The molecule has 1 aliphatic carbocycles. The Morgan fingerprint density at radius 2 is 2.00 bits per heavy atom. The van der Waals surface area contributed by atoms with Crippen molar-refractivity contribution in [3.05, 3.63) is 111 Å². The summed E-state index contributed by atoms with van der Waals surface area (Å²) in [6.07, 6.45) is 4.36. The Morgan fingerprint density at radius 1 is 1.13 bits per heavy atom. The van der Waals surface area contributed by atoms with Crippen LogP contribution in [0.5, 0.6) is 5.75 Å². The van der Waals surface area contributed by atoms with Crippen molar-refractivity contribution in [2.45, 2.75) is 44.7 Å². The van der Waals surface area contributed by atoms with Crippen molar-refractivity contribution in [1.82, 2.24) is 25.5 Å². The fraction of sp³-hybridized carbons (Fsp3) is 0.308. The third-order valence-electron chi connectivity index (χ3n) is 9.69. The number of esters is 1. The lowest BCUT2D eigenvalue weighted by molar-refractivity contribution is 0.0514. The molecule has 0 spiro atoms. The molecular formula is C39H37FN6O6S. The van der Waals surface area contributed by atoms with E-state index in [4.69, 9.17) is 28.6 Å². The lowest BCUT2D eigenvalue weighted by atomic mass is 9.91. The molecule has 53 heavy (non-hydrogen) atoms. The van der Waals surface area contributed by atoms with E-state index in [0.29, 0.717) is 59.2 Å². The fourth-order valence-corrected chi connectivity index (χ4v) is 8.45. The van der Waals surface area contributed by atoms with Gasteiger partial charge in [-0.15, -0.1) is 16.4 Å². The molecule has 1 saturated heterocycles. The molecule has 5 heterocycles. The van der Waals surface area contributed by atoms with E-state index in [9.17, 15) is 14.0 Å². The Morgan fingerprint density at radius 3 is 2.75 bits per heavy atom. The lowest BCUT2D eigenvalue weighted by Gasteiger charge is -2.27. The van der Waals surface area contributed by atoms with Crippen LogP contribution < -0.4 is 21.1 Å². The van der Waals surface area contributed by atoms with Crippen LogP contribution in [0.15, 0.2) is 70.0 Å². The van der Waals surface area contributed by atoms with Crippen molar-refractivity contribution in [2.24, 2.45) is 0 Å². The summed E-state index contributed by atoms with van der Waals surface area (Å²) in [5, 5.41) is 14.7. The maximum absolute atomic E-state index is 14.2. The van der Waals surface area contributed by atoms with E-state index in [1.165, 1.54) is 34.6 Å². The maximum Gasteiger partial charge on any atom is 0.434 e. The van der Waals surface area contributed by atoms with Gasteiger partial charge in [-0.1, -0.05) is 24.3 Å². The first-order valence-corrected chi connectivity index (χ1v) is 18.4. The number of nitrogens with one attached hydrogen (secondary N) is 3. The van der Waals surface area contributed by atoms with Crippen molar-refractivity contribution >= 4 is 33.2 Å².